The van der Waals surface area contributed by atoms with Crippen molar-refractivity contribution in [1.29, 1.82) is 0 Å². The van der Waals surface area contributed by atoms with E-state index in [1.54, 1.807) is 0 Å². The average Bonchev–Trinajstić information content (AvgIpc) is 3.90. The molecule has 0 aliphatic heterocycles. The van der Waals surface area contributed by atoms with Crippen LogP contribution in [0.2, 0.25) is 0 Å². The van der Waals surface area contributed by atoms with Gasteiger partial charge in [-0.15, -0.1) is 11.3 Å². The van der Waals surface area contributed by atoms with E-state index in [1.807, 2.05) is 23.5 Å². The van der Waals surface area contributed by atoms with Crippen molar-refractivity contribution in [3.8, 4) is 28.5 Å². The Labute approximate surface area is 306 Å². The van der Waals surface area contributed by atoms with Crippen LogP contribution in [0, 0.1) is 0 Å². The van der Waals surface area contributed by atoms with Gasteiger partial charge in [0.25, 0.3) is 0 Å². The Morgan fingerprint density at radius 1 is 0.415 bits per heavy atom. The molecule has 0 saturated carbocycles. The molecular formula is C48H27N3OS. The van der Waals surface area contributed by atoms with Crippen LogP contribution in [0.3, 0.4) is 0 Å². The van der Waals surface area contributed by atoms with E-state index >= 15 is 0 Å². The number of rotatable bonds is 3. The maximum Gasteiger partial charge on any atom is 0.235 e. The summed E-state index contributed by atoms with van der Waals surface area (Å²) >= 11 is 1.83. The van der Waals surface area contributed by atoms with Gasteiger partial charge in [-0.3, -0.25) is 4.57 Å². The van der Waals surface area contributed by atoms with Gasteiger partial charge in [-0.1, -0.05) is 115 Å². The van der Waals surface area contributed by atoms with Gasteiger partial charge >= 0.3 is 0 Å². The summed E-state index contributed by atoms with van der Waals surface area (Å²) in [4.78, 5) is 10.9. The molecule has 4 nitrogen and oxygen atoms in total. The van der Waals surface area contributed by atoms with E-state index in [0.29, 0.717) is 5.95 Å². The quantitative estimate of drug-likeness (QED) is 0.173. The fourth-order valence-electron chi connectivity index (χ4n) is 8.51. The fraction of sp³-hybridized carbons (Fsp3) is 0. The summed E-state index contributed by atoms with van der Waals surface area (Å²) in [7, 11) is 0. The first-order chi connectivity index (χ1) is 26.3. The SMILES string of the molecule is c1ccc(-c2cc(-c3ccc4sc5ccccc5c4c3)nc(-n3c4ccccc4c4c5ccccc5c5c(ccc6oc7ccccc7c65)c43)n2)cc1. The summed E-state index contributed by atoms with van der Waals surface area (Å²) in [6, 6.07) is 58.1. The molecule has 5 heteroatoms. The summed E-state index contributed by atoms with van der Waals surface area (Å²) in [5, 5.41) is 11.8. The number of furan rings is 1. The van der Waals surface area contributed by atoms with Gasteiger partial charge in [-0.25, -0.2) is 9.97 Å². The highest BCUT2D eigenvalue weighted by atomic mass is 32.1. The molecule has 0 N–H and O–H groups in total. The molecule has 0 aliphatic rings. The predicted octanol–water partition coefficient (Wildman–Crippen LogP) is 13.5. The molecule has 8 aromatic carbocycles. The lowest BCUT2D eigenvalue weighted by Gasteiger charge is -2.14. The molecule has 0 saturated heterocycles. The topological polar surface area (TPSA) is 43.9 Å². The zero-order valence-electron chi connectivity index (χ0n) is 28.2. The van der Waals surface area contributed by atoms with E-state index in [2.05, 4.69) is 156 Å². The number of thiophene rings is 1. The standard InChI is InChI=1S/C48H27N3OS/c1-2-12-28(13-3-1)37-27-38(29-22-25-43-36(26-29)30-14-8-11-21-42(30)53-43)50-48(49-37)51-39-19-9-6-17-33(39)45-32-16-5-4-15-31(32)44-35(47(45)51)23-24-41-46(44)34-18-7-10-20-40(34)52-41/h1-27H. The van der Waals surface area contributed by atoms with Crippen molar-refractivity contribution in [2.75, 3.05) is 0 Å². The summed E-state index contributed by atoms with van der Waals surface area (Å²) in [6.07, 6.45) is 0. The van der Waals surface area contributed by atoms with Crippen LogP contribution >= 0.6 is 11.3 Å². The van der Waals surface area contributed by atoms with E-state index in [-0.39, 0.29) is 0 Å². The van der Waals surface area contributed by atoms with E-state index in [1.165, 1.54) is 47.1 Å². The molecule has 0 atom stereocenters. The summed E-state index contributed by atoms with van der Waals surface area (Å²) in [6.45, 7) is 0. The molecule has 0 radical (unpaired) electrons. The Bertz CT molecular complexity index is 3460. The van der Waals surface area contributed by atoms with Crippen LogP contribution in [-0.2, 0) is 0 Å². The maximum absolute atomic E-state index is 6.45. The zero-order valence-corrected chi connectivity index (χ0v) is 29.1. The van der Waals surface area contributed by atoms with Crippen molar-refractivity contribution >= 4 is 96.8 Å². The smallest absolute Gasteiger partial charge is 0.235 e. The molecule has 0 unspecified atom stereocenters. The highest BCUT2D eigenvalue weighted by Gasteiger charge is 2.23. The first-order valence-corrected chi connectivity index (χ1v) is 18.6. The molecule has 12 aromatic rings. The maximum atomic E-state index is 6.45. The molecule has 0 amide bonds. The second-order valence-corrected chi connectivity index (χ2v) is 14.8. The lowest BCUT2D eigenvalue weighted by molar-refractivity contribution is 0.669. The molecule has 0 spiro atoms. The van der Waals surface area contributed by atoms with E-state index < -0.39 is 0 Å². The van der Waals surface area contributed by atoms with Crippen LogP contribution in [-0.4, -0.2) is 14.5 Å². The highest BCUT2D eigenvalue weighted by Crippen LogP contribution is 2.46. The molecule has 4 aromatic heterocycles. The third-order valence-corrected chi connectivity index (χ3v) is 11.9. The number of aromatic nitrogens is 3. The molecule has 246 valence electrons. The largest absolute Gasteiger partial charge is 0.456 e. The second kappa shape index (κ2) is 10.8. The predicted molar refractivity (Wildman–Crippen MR) is 222 cm³/mol. The van der Waals surface area contributed by atoms with Gasteiger partial charge in [0, 0.05) is 63.6 Å². The molecule has 12 rings (SSSR count). The Morgan fingerprint density at radius 3 is 1.92 bits per heavy atom. The summed E-state index contributed by atoms with van der Waals surface area (Å²) in [5.74, 6) is 0.636. The molecule has 4 heterocycles. The van der Waals surface area contributed by atoms with Gasteiger partial charge in [0.2, 0.25) is 5.95 Å². The van der Waals surface area contributed by atoms with Crippen LogP contribution < -0.4 is 0 Å². The number of benzene rings is 8. The van der Waals surface area contributed by atoms with E-state index in [9.17, 15) is 0 Å². The Balaban J connectivity index is 1.24. The molecule has 53 heavy (non-hydrogen) atoms. The van der Waals surface area contributed by atoms with Crippen molar-refractivity contribution in [2.45, 2.75) is 0 Å². The summed E-state index contributed by atoms with van der Waals surface area (Å²) < 4.78 is 11.3. The number of para-hydroxylation sites is 2. The Morgan fingerprint density at radius 2 is 1.08 bits per heavy atom. The van der Waals surface area contributed by atoms with E-state index in [4.69, 9.17) is 14.4 Å². The number of fused-ring (bicyclic) bond motifs is 15. The van der Waals surface area contributed by atoms with Gasteiger partial charge < -0.3 is 4.42 Å². The van der Waals surface area contributed by atoms with Crippen LogP contribution in [0.15, 0.2) is 168 Å². The van der Waals surface area contributed by atoms with Crippen molar-refractivity contribution in [3.63, 3.8) is 0 Å². The van der Waals surface area contributed by atoms with Gasteiger partial charge in [0.05, 0.1) is 22.4 Å². The average molecular weight is 694 g/mol. The molecule has 0 fully saturated rings. The van der Waals surface area contributed by atoms with Crippen molar-refractivity contribution < 1.29 is 4.42 Å². The van der Waals surface area contributed by atoms with Crippen molar-refractivity contribution in [3.05, 3.63) is 164 Å². The van der Waals surface area contributed by atoms with Crippen LogP contribution in [0.25, 0.3) is 114 Å². The van der Waals surface area contributed by atoms with Gasteiger partial charge in [0.15, 0.2) is 0 Å². The molecular weight excluding hydrogens is 667 g/mol. The minimum atomic E-state index is 0.636. The van der Waals surface area contributed by atoms with Gasteiger partial charge in [-0.2, -0.15) is 0 Å². The number of hydrogen-bond acceptors (Lipinski definition) is 4. The lowest BCUT2D eigenvalue weighted by Crippen LogP contribution is -2.04. The van der Waals surface area contributed by atoms with Crippen LogP contribution in [0.1, 0.15) is 0 Å². The Hall–Kier alpha value is -6.82. The highest BCUT2D eigenvalue weighted by molar-refractivity contribution is 7.25. The van der Waals surface area contributed by atoms with Gasteiger partial charge in [0.1, 0.15) is 11.2 Å². The zero-order chi connectivity index (χ0) is 34.6. The molecule has 0 aliphatic carbocycles. The van der Waals surface area contributed by atoms with Gasteiger partial charge in [-0.05, 0) is 59.3 Å². The van der Waals surface area contributed by atoms with Crippen molar-refractivity contribution in [1.82, 2.24) is 14.5 Å². The normalized spacial score (nSPS) is 12.2. The second-order valence-electron chi connectivity index (χ2n) is 13.7. The van der Waals surface area contributed by atoms with Crippen LogP contribution in [0.5, 0.6) is 0 Å². The van der Waals surface area contributed by atoms with Crippen LogP contribution in [0.4, 0.5) is 0 Å². The lowest BCUT2D eigenvalue weighted by atomic mass is 9.94. The minimum absolute atomic E-state index is 0.636. The summed E-state index contributed by atoms with van der Waals surface area (Å²) in [5.41, 5.74) is 7.78. The number of nitrogens with zero attached hydrogens (tertiary/aromatic N) is 3. The fourth-order valence-corrected chi connectivity index (χ4v) is 9.60. The first kappa shape index (κ1) is 28.8. The Kier molecular flexibility index (Phi) is 5.90. The number of hydrogen-bond donors (Lipinski definition) is 0. The third kappa shape index (κ3) is 4.11. The third-order valence-electron chi connectivity index (χ3n) is 10.8. The van der Waals surface area contributed by atoms with E-state index in [0.717, 1.165) is 60.9 Å². The minimum Gasteiger partial charge on any atom is -0.456 e. The molecule has 0 bridgehead atoms. The first-order valence-electron chi connectivity index (χ1n) is 17.8. The monoisotopic (exact) mass is 693 g/mol. The van der Waals surface area contributed by atoms with Crippen molar-refractivity contribution in [2.24, 2.45) is 0 Å².